The maximum atomic E-state index is 15.2. The molecule has 1 N–H and O–H groups in total. The van der Waals surface area contributed by atoms with Crippen molar-refractivity contribution in [3.05, 3.63) is 63.9 Å². The first kappa shape index (κ1) is 22.0. The van der Waals surface area contributed by atoms with Crippen molar-refractivity contribution in [2.45, 2.75) is 43.9 Å². The minimum Gasteiger partial charge on any atom is -0.339 e. The maximum Gasteiger partial charge on any atom is 0.265 e. The van der Waals surface area contributed by atoms with Crippen LogP contribution < -0.4 is 9.62 Å². The van der Waals surface area contributed by atoms with Crippen LogP contribution >= 0.6 is 22.9 Å². The standard InChI is InChI=1S/C22H23ClFN3O2S2/c1-2-10-27(17-8-7-15-5-3-4-6-16(15)12-17)20-13-18(23)21(14-19(20)24)31(28,29)26-22-25-9-11-30-22/h7-9,11-14H,2-6,10H2,1H3,(H,25,26). The minimum absolute atomic E-state index is 0.0421. The Morgan fingerprint density at radius 1 is 1.19 bits per heavy atom. The zero-order valence-electron chi connectivity index (χ0n) is 17.1. The summed E-state index contributed by atoms with van der Waals surface area (Å²) in [6, 6.07) is 8.61. The lowest BCUT2D eigenvalue weighted by Crippen LogP contribution is -2.21. The van der Waals surface area contributed by atoms with E-state index < -0.39 is 15.8 Å². The topological polar surface area (TPSA) is 62.3 Å². The van der Waals surface area contributed by atoms with Crippen LogP contribution in [0.1, 0.15) is 37.3 Å². The maximum absolute atomic E-state index is 15.2. The number of rotatable bonds is 7. The molecule has 5 nitrogen and oxygen atoms in total. The molecule has 1 aromatic heterocycles. The highest BCUT2D eigenvalue weighted by molar-refractivity contribution is 7.93. The molecule has 0 saturated carbocycles. The van der Waals surface area contributed by atoms with Crippen molar-refractivity contribution in [2.24, 2.45) is 0 Å². The Labute approximate surface area is 190 Å². The Morgan fingerprint density at radius 3 is 2.68 bits per heavy atom. The largest absolute Gasteiger partial charge is 0.339 e. The van der Waals surface area contributed by atoms with Gasteiger partial charge in [0.25, 0.3) is 10.0 Å². The second-order valence-corrected chi connectivity index (χ2v) is 10.4. The molecule has 1 heterocycles. The summed E-state index contributed by atoms with van der Waals surface area (Å²) in [5.41, 5.74) is 3.78. The third-order valence-electron chi connectivity index (χ3n) is 5.33. The smallest absolute Gasteiger partial charge is 0.265 e. The monoisotopic (exact) mass is 479 g/mol. The Kier molecular flexibility index (Phi) is 6.50. The number of anilines is 3. The Morgan fingerprint density at radius 2 is 1.97 bits per heavy atom. The predicted octanol–water partition coefficient (Wildman–Crippen LogP) is 6.16. The number of sulfonamides is 1. The summed E-state index contributed by atoms with van der Waals surface area (Å²) in [5, 5.41) is 1.80. The van der Waals surface area contributed by atoms with Gasteiger partial charge in [0.15, 0.2) is 5.13 Å². The van der Waals surface area contributed by atoms with Crippen LogP contribution in [0.15, 0.2) is 46.8 Å². The van der Waals surface area contributed by atoms with E-state index >= 15 is 4.39 Å². The summed E-state index contributed by atoms with van der Waals surface area (Å²) in [4.78, 5) is 5.46. The van der Waals surface area contributed by atoms with E-state index in [1.54, 1.807) is 5.38 Å². The molecule has 9 heteroatoms. The van der Waals surface area contributed by atoms with Crippen LogP contribution in [0.3, 0.4) is 0 Å². The Bertz CT molecular complexity index is 1180. The van der Waals surface area contributed by atoms with Gasteiger partial charge in [-0.2, -0.15) is 0 Å². The summed E-state index contributed by atoms with van der Waals surface area (Å²) in [6.07, 6.45) is 6.71. The molecule has 0 unspecified atom stereocenters. The molecule has 0 bridgehead atoms. The summed E-state index contributed by atoms with van der Waals surface area (Å²) in [6.45, 7) is 2.59. The fraction of sp³-hybridized carbons (Fsp3) is 0.318. The molecule has 3 aromatic rings. The van der Waals surface area contributed by atoms with Crippen molar-refractivity contribution in [3.63, 3.8) is 0 Å². The molecule has 2 aromatic carbocycles. The van der Waals surface area contributed by atoms with Gasteiger partial charge in [-0.15, -0.1) is 11.3 Å². The average molecular weight is 480 g/mol. The lowest BCUT2D eigenvalue weighted by Gasteiger charge is -2.27. The van der Waals surface area contributed by atoms with E-state index in [1.807, 2.05) is 17.9 Å². The van der Waals surface area contributed by atoms with Crippen molar-refractivity contribution in [3.8, 4) is 0 Å². The molecule has 0 saturated heterocycles. The fourth-order valence-electron chi connectivity index (χ4n) is 3.87. The summed E-state index contributed by atoms with van der Waals surface area (Å²) in [7, 11) is -4.06. The van der Waals surface area contributed by atoms with Gasteiger partial charge in [-0.1, -0.05) is 24.6 Å². The lowest BCUT2D eigenvalue weighted by atomic mass is 9.91. The van der Waals surface area contributed by atoms with Crippen molar-refractivity contribution in [1.29, 1.82) is 0 Å². The zero-order valence-corrected chi connectivity index (χ0v) is 19.5. The quantitative estimate of drug-likeness (QED) is 0.440. The zero-order chi connectivity index (χ0) is 22.0. The number of fused-ring (bicyclic) bond motifs is 1. The lowest BCUT2D eigenvalue weighted by molar-refractivity contribution is 0.595. The highest BCUT2D eigenvalue weighted by atomic mass is 35.5. The highest BCUT2D eigenvalue weighted by Crippen LogP contribution is 2.36. The number of hydrogen-bond acceptors (Lipinski definition) is 5. The Hall–Kier alpha value is -2.16. The van der Waals surface area contributed by atoms with Gasteiger partial charge in [0.1, 0.15) is 10.7 Å². The number of aryl methyl sites for hydroxylation is 2. The van der Waals surface area contributed by atoms with Gasteiger partial charge in [-0.3, -0.25) is 4.72 Å². The van der Waals surface area contributed by atoms with Crippen LogP contribution in [0.25, 0.3) is 0 Å². The number of nitrogens with zero attached hydrogens (tertiary/aromatic N) is 2. The van der Waals surface area contributed by atoms with Gasteiger partial charge in [-0.25, -0.2) is 17.8 Å². The molecule has 4 rings (SSSR count). The van der Waals surface area contributed by atoms with Crippen molar-refractivity contribution >= 4 is 49.5 Å². The van der Waals surface area contributed by atoms with E-state index in [4.69, 9.17) is 11.6 Å². The van der Waals surface area contributed by atoms with Crippen LogP contribution in [0.2, 0.25) is 5.02 Å². The third kappa shape index (κ3) is 4.71. The SMILES string of the molecule is CCCN(c1ccc2c(c1)CCCC2)c1cc(Cl)c(S(=O)(=O)Nc2nccs2)cc1F. The third-order valence-corrected chi connectivity index (χ3v) is 7.95. The first-order valence-corrected chi connectivity index (χ1v) is 12.9. The van der Waals surface area contributed by atoms with Crippen LogP contribution in [0, 0.1) is 5.82 Å². The second-order valence-electron chi connectivity index (χ2n) is 7.49. The number of aromatic nitrogens is 1. The van der Waals surface area contributed by atoms with Crippen LogP contribution in [-0.2, 0) is 22.9 Å². The van der Waals surface area contributed by atoms with Crippen molar-refractivity contribution < 1.29 is 12.8 Å². The average Bonchev–Trinajstić information content (AvgIpc) is 3.25. The predicted molar refractivity (Wildman–Crippen MR) is 125 cm³/mol. The van der Waals surface area contributed by atoms with Crippen LogP contribution in [0.4, 0.5) is 20.9 Å². The van der Waals surface area contributed by atoms with Gasteiger partial charge in [-0.05, 0) is 67.5 Å². The fourth-order valence-corrected chi connectivity index (χ4v) is 6.20. The van der Waals surface area contributed by atoms with E-state index in [0.29, 0.717) is 6.54 Å². The van der Waals surface area contributed by atoms with Gasteiger partial charge in [0, 0.05) is 23.8 Å². The van der Waals surface area contributed by atoms with Crippen molar-refractivity contribution in [1.82, 2.24) is 4.98 Å². The molecule has 0 amide bonds. The molecule has 0 aliphatic heterocycles. The summed E-state index contributed by atoms with van der Waals surface area (Å²) < 4.78 is 43.0. The number of halogens is 2. The minimum atomic E-state index is -4.06. The van der Waals surface area contributed by atoms with E-state index in [9.17, 15) is 8.42 Å². The number of thiazole rings is 1. The van der Waals surface area contributed by atoms with Crippen LogP contribution in [-0.4, -0.2) is 19.9 Å². The molecule has 1 aliphatic carbocycles. The summed E-state index contributed by atoms with van der Waals surface area (Å²) >= 11 is 7.47. The second kappa shape index (κ2) is 9.14. The highest BCUT2D eigenvalue weighted by Gasteiger charge is 2.24. The molecule has 0 radical (unpaired) electrons. The van der Waals surface area contributed by atoms with E-state index in [-0.39, 0.29) is 20.7 Å². The molecule has 31 heavy (non-hydrogen) atoms. The molecule has 1 aliphatic rings. The van der Waals surface area contributed by atoms with Gasteiger partial charge in [0.05, 0.1) is 10.7 Å². The van der Waals surface area contributed by atoms with Gasteiger partial charge >= 0.3 is 0 Å². The van der Waals surface area contributed by atoms with Crippen molar-refractivity contribution in [2.75, 3.05) is 16.2 Å². The number of hydrogen-bond donors (Lipinski definition) is 1. The molecule has 0 spiro atoms. The van der Waals surface area contributed by atoms with E-state index in [1.165, 1.54) is 29.8 Å². The molecule has 0 fully saturated rings. The number of benzene rings is 2. The van der Waals surface area contributed by atoms with E-state index in [2.05, 4.69) is 21.8 Å². The first-order valence-electron chi connectivity index (χ1n) is 10.2. The molecular formula is C22H23ClFN3O2S2. The first-order chi connectivity index (χ1) is 14.9. The summed E-state index contributed by atoms with van der Waals surface area (Å²) in [5.74, 6) is -0.643. The number of nitrogens with one attached hydrogen (secondary N) is 1. The van der Waals surface area contributed by atoms with Gasteiger partial charge < -0.3 is 4.90 Å². The van der Waals surface area contributed by atoms with E-state index in [0.717, 1.165) is 48.8 Å². The molecular weight excluding hydrogens is 457 g/mol. The van der Waals surface area contributed by atoms with Gasteiger partial charge in [0.2, 0.25) is 0 Å². The molecule has 164 valence electrons. The molecule has 0 atom stereocenters. The Balaban J connectivity index is 1.71. The normalized spacial score (nSPS) is 13.6. The van der Waals surface area contributed by atoms with Crippen LogP contribution in [0.5, 0.6) is 0 Å².